The van der Waals surface area contributed by atoms with Gasteiger partial charge in [-0.1, -0.05) is 12.1 Å². The fourth-order valence-corrected chi connectivity index (χ4v) is 4.34. The molecule has 1 aliphatic carbocycles. The number of nitrogens with one attached hydrogen (secondary N) is 1. The second-order valence-electron chi connectivity index (χ2n) is 8.83. The van der Waals surface area contributed by atoms with Crippen LogP contribution in [0.5, 0.6) is 0 Å². The van der Waals surface area contributed by atoms with Crippen LogP contribution < -0.4 is 10.2 Å². The summed E-state index contributed by atoms with van der Waals surface area (Å²) < 4.78 is 39.9. The van der Waals surface area contributed by atoms with Crippen molar-refractivity contribution in [3.63, 3.8) is 0 Å². The number of carbonyl (C=O) groups excluding carboxylic acids is 2. The minimum absolute atomic E-state index is 0.128. The Bertz CT molecular complexity index is 1110. The van der Waals surface area contributed by atoms with Crippen molar-refractivity contribution in [3.8, 4) is 0 Å². The molecule has 9 heteroatoms. The minimum Gasteiger partial charge on any atom is -0.352 e. The highest BCUT2D eigenvalue weighted by molar-refractivity contribution is 5.96. The maximum absolute atomic E-state index is 13.3. The van der Waals surface area contributed by atoms with Crippen molar-refractivity contribution < 1.29 is 22.8 Å². The van der Waals surface area contributed by atoms with E-state index in [4.69, 9.17) is 0 Å². The minimum atomic E-state index is -4.58. The first kappa shape index (κ1) is 21.5. The molecule has 1 saturated carbocycles. The van der Waals surface area contributed by atoms with Gasteiger partial charge in [0.2, 0.25) is 0 Å². The van der Waals surface area contributed by atoms with Gasteiger partial charge in [-0.3, -0.25) is 9.59 Å². The number of hydrogen-bond acceptors (Lipinski definition) is 4. The first-order valence-corrected chi connectivity index (χ1v) is 10.9. The number of aromatic nitrogens is 1. The number of amides is 2. The molecule has 2 amide bonds. The van der Waals surface area contributed by atoms with E-state index in [9.17, 15) is 22.8 Å². The smallest absolute Gasteiger partial charge is 0.352 e. The molecule has 5 rings (SSSR count). The van der Waals surface area contributed by atoms with Gasteiger partial charge in [0.05, 0.1) is 16.7 Å². The molecule has 0 unspecified atom stereocenters. The van der Waals surface area contributed by atoms with Crippen LogP contribution in [0.2, 0.25) is 0 Å². The topological polar surface area (TPSA) is 65.5 Å². The van der Waals surface area contributed by atoms with Gasteiger partial charge in [0, 0.05) is 38.9 Å². The maximum Gasteiger partial charge on any atom is 0.417 e. The first-order valence-electron chi connectivity index (χ1n) is 10.9. The summed E-state index contributed by atoms with van der Waals surface area (Å²) >= 11 is 0. The van der Waals surface area contributed by atoms with Crippen molar-refractivity contribution in [3.05, 3.63) is 70.4 Å². The van der Waals surface area contributed by atoms with Gasteiger partial charge in [-0.05, 0) is 54.2 Å². The van der Waals surface area contributed by atoms with Gasteiger partial charge in [-0.2, -0.15) is 13.2 Å². The van der Waals surface area contributed by atoms with E-state index in [1.54, 1.807) is 18.3 Å². The molecule has 0 atom stereocenters. The molecule has 6 nitrogen and oxygen atoms in total. The molecule has 1 N–H and O–H groups in total. The third kappa shape index (κ3) is 4.44. The number of halogens is 3. The number of nitrogens with zero attached hydrogens (tertiary/aromatic N) is 3. The van der Waals surface area contributed by atoms with Crippen LogP contribution in [0.3, 0.4) is 0 Å². The molecular weight excluding hydrogens is 433 g/mol. The van der Waals surface area contributed by atoms with E-state index in [0.717, 1.165) is 23.0 Å². The van der Waals surface area contributed by atoms with E-state index in [2.05, 4.69) is 10.3 Å². The normalized spacial score (nSPS) is 18.0. The zero-order valence-electron chi connectivity index (χ0n) is 17.9. The van der Waals surface area contributed by atoms with Crippen molar-refractivity contribution in [2.75, 3.05) is 37.6 Å². The van der Waals surface area contributed by atoms with Crippen LogP contribution >= 0.6 is 0 Å². The molecule has 2 aromatic rings. The number of benzene rings is 1. The van der Waals surface area contributed by atoms with Crippen molar-refractivity contribution >= 4 is 17.6 Å². The first-order chi connectivity index (χ1) is 15.8. The predicted molar refractivity (Wildman–Crippen MR) is 116 cm³/mol. The average Bonchev–Trinajstić information content (AvgIpc) is 3.42. The average molecular weight is 456 g/mol. The number of hydrogen-bond donors (Lipinski definition) is 1. The summed E-state index contributed by atoms with van der Waals surface area (Å²) in [6.45, 7) is 2.42. The second-order valence-corrected chi connectivity index (χ2v) is 8.83. The summed E-state index contributed by atoms with van der Waals surface area (Å²) in [5.41, 5.74) is 1.34. The standard InChI is InChI=1S/C24H23F3N4O2/c25-24(26,27)20-4-2-1-3-19(20)23(33)31-13-17-11-30(12-18(17)14-31)21-8-7-16(10-28-21)22(32)29-9-15-5-6-15/h1-4,7-8,10,15H,5-6,9,11-14H2,(H,29,32). The molecule has 0 saturated heterocycles. The van der Waals surface area contributed by atoms with Crippen LogP contribution in [-0.2, 0) is 6.18 Å². The van der Waals surface area contributed by atoms with Crippen LogP contribution in [-0.4, -0.2) is 54.4 Å². The molecule has 33 heavy (non-hydrogen) atoms. The van der Waals surface area contributed by atoms with Gasteiger partial charge in [0.1, 0.15) is 5.82 Å². The quantitative estimate of drug-likeness (QED) is 0.700. The summed E-state index contributed by atoms with van der Waals surface area (Å²) in [7, 11) is 0. The summed E-state index contributed by atoms with van der Waals surface area (Å²) in [5.74, 6) is 0.593. The van der Waals surface area contributed by atoms with Crippen LogP contribution in [0, 0.1) is 5.92 Å². The van der Waals surface area contributed by atoms with E-state index in [-0.39, 0.29) is 11.5 Å². The van der Waals surface area contributed by atoms with Gasteiger partial charge in [-0.25, -0.2) is 4.98 Å². The largest absolute Gasteiger partial charge is 0.417 e. The predicted octanol–water partition coefficient (Wildman–Crippen LogP) is 3.51. The lowest BCUT2D eigenvalue weighted by Gasteiger charge is -2.24. The zero-order chi connectivity index (χ0) is 23.2. The molecule has 0 radical (unpaired) electrons. The Morgan fingerprint density at radius 1 is 1.00 bits per heavy atom. The SMILES string of the molecule is O=C(NCC1CC1)c1ccc(N2CC3=C(CN(C(=O)c4ccccc4C(F)(F)F)C3)C2)nc1. The van der Waals surface area contributed by atoms with Crippen molar-refractivity contribution in [2.45, 2.75) is 19.0 Å². The van der Waals surface area contributed by atoms with Crippen LogP contribution in [0.25, 0.3) is 0 Å². The van der Waals surface area contributed by atoms with Gasteiger partial charge in [0.25, 0.3) is 11.8 Å². The molecule has 1 aromatic carbocycles. The fourth-order valence-electron chi connectivity index (χ4n) is 4.34. The molecular formula is C24H23F3N4O2. The van der Waals surface area contributed by atoms with Gasteiger partial charge < -0.3 is 15.1 Å². The highest BCUT2D eigenvalue weighted by Gasteiger charge is 2.38. The number of pyridine rings is 1. The zero-order valence-corrected chi connectivity index (χ0v) is 17.9. The van der Waals surface area contributed by atoms with Crippen LogP contribution in [0.15, 0.2) is 53.7 Å². The monoisotopic (exact) mass is 456 g/mol. The third-order valence-electron chi connectivity index (χ3n) is 6.36. The second kappa shape index (κ2) is 8.20. The summed E-state index contributed by atoms with van der Waals surface area (Å²) in [6, 6.07) is 8.45. The lowest BCUT2D eigenvalue weighted by Crippen LogP contribution is -2.35. The van der Waals surface area contributed by atoms with Crippen LogP contribution in [0.1, 0.15) is 39.1 Å². The molecule has 1 fully saturated rings. The Morgan fingerprint density at radius 3 is 2.30 bits per heavy atom. The molecule has 3 aliphatic rings. The van der Waals surface area contributed by atoms with Gasteiger partial charge in [-0.15, -0.1) is 0 Å². The summed E-state index contributed by atoms with van der Waals surface area (Å²) in [6.07, 6.45) is -0.680. The summed E-state index contributed by atoms with van der Waals surface area (Å²) in [4.78, 5) is 33.0. The Hall–Kier alpha value is -3.36. The van der Waals surface area contributed by atoms with E-state index in [0.29, 0.717) is 44.2 Å². The highest BCUT2D eigenvalue weighted by atomic mass is 19.4. The lowest BCUT2D eigenvalue weighted by atomic mass is 10.1. The van der Waals surface area contributed by atoms with Crippen LogP contribution in [0.4, 0.5) is 19.0 Å². The Morgan fingerprint density at radius 2 is 1.70 bits per heavy atom. The van der Waals surface area contributed by atoms with E-state index < -0.39 is 17.6 Å². The molecule has 1 aromatic heterocycles. The Labute approximate surface area is 189 Å². The number of alkyl halides is 3. The molecule has 2 aliphatic heterocycles. The number of anilines is 1. The molecule has 3 heterocycles. The third-order valence-corrected chi connectivity index (χ3v) is 6.36. The summed E-state index contributed by atoms with van der Waals surface area (Å²) in [5, 5.41) is 2.92. The molecule has 0 spiro atoms. The van der Waals surface area contributed by atoms with E-state index >= 15 is 0 Å². The number of carbonyl (C=O) groups is 2. The van der Waals surface area contributed by atoms with Crippen molar-refractivity contribution in [1.29, 1.82) is 0 Å². The maximum atomic E-state index is 13.3. The highest BCUT2D eigenvalue weighted by Crippen LogP contribution is 2.34. The van der Waals surface area contributed by atoms with Crippen molar-refractivity contribution in [2.24, 2.45) is 5.92 Å². The Kier molecular flexibility index (Phi) is 5.34. The van der Waals surface area contributed by atoms with Gasteiger partial charge in [0.15, 0.2) is 0 Å². The fraction of sp³-hybridized carbons (Fsp3) is 0.375. The van der Waals surface area contributed by atoms with E-state index in [1.807, 2.05) is 4.90 Å². The van der Waals surface area contributed by atoms with E-state index in [1.165, 1.54) is 35.9 Å². The Balaban J connectivity index is 1.20. The van der Waals surface area contributed by atoms with Gasteiger partial charge >= 0.3 is 6.18 Å². The lowest BCUT2D eigenvalue weighted by molar-refractivity contribution is -0.138. The number of rotatable bonds is 5. The molecule has 0 bridgehead atoms. The molecule has 172 valence electrons. The van der Waals surface area contributed by atoms with Crippen molar-refractivity contribution in [1.82, 2.24) is 15.2 Å².